The Morgan fingerprint density at radius 2 is 1.93 bits per heavy atom. The summed E-state index contributed by atoms with van der Waals surface area (Å²) < 4.78 is 5.40. The molecule has 0 aliphatic heterocycles. The molecule has 27 heavy (non-hydrogen) atoms. The largest absolute Gasteiger partial charge is 0.422 e. The summed E-state index contributed by atoms with van der Waals surface area (Å²) in [7, 11) is 0. The Balaban J connectivity index is 1.61. The summed E-state index contributed by atoms with van der Waals surface area (Å²) in [5.74, 6) is -0.0497. The fourth-order valence-electron chi connectivity index (χ4n) is 3.67. The lowest BCUT2D eigenvalue weighted by Crippen LogP contribution is -2.22. The standard InChI is InChI=1S/C21H15N3O3/c25-20(24-19-14-6-3-7-17(14)22-11-23-19)16-10-15-13-5-2-1-4-12(13)8-9-18(15)27-21(16)26/h1-2,4-5,8-11H,3,6-7H2,(H,22,23,24,25). The van der Waals surface area contributed by atoms with Crippen LogP contribution in [0, 0.1) is 0 Å². The van der Waals surface area contributed by atoms with Crippen molar-refractivity contribution in [3.05, 3.63) is 76.0 Å². The molecule has 0 radical (unpaired) electrons. The first-order valence-electron chi connectivity index (χ1n) is 8.80. The number of benzene rings is 2. The number of anilines is 1. The molecule has 0 saturated heterocycles. The van der Waals surface area contributed by atoms with Gasteiger partial charge in [0.1, 0.15) is 23.3 Å². The fraction of sp³-hybridized carbons (Fsp3) is 0.143. The highest BCUT2D eigenvalue weighted by Crippen LogP contribution is 2.27. The average molecular weight is 357 g/mol. The molecule has 0 fully saturated rings. The molecule has 132 valence electrons. The number of hydrogen-bond donors (Lipinski definition) is 1. The van der Waals surface area contributed by atoms with Crippen LogP contribution in [0.25, 0.3) is 21.7 Å². The van der Waals surface area contributed by atoms with Gasteiger partial charge in [-0.2, -0.15) is 0 Å². The number of aromatic nitrogens is 2. The molecular weight excluding hydrogens is 342 g/mol. The van der Waals surface area contributed by atoms with Crippen LogP contribution in [0.5, 0.6) is 0 Å². The lowest BCUT2D eigenvalue weighted by atomic mass is 10.0. The molecule has 2 aromatic carbocycles. The summed E-state index contributed by atoms with van der Waals surface area (Å²) in [4.78, 5) is 33.6. The van der Waals surface area contributed by atoms with E-state index in [0.29, 0.717) is 11.4 Å². The topological polar surface area (TPSA) is 85.1 Å². The van der Waals surface area contributed by atoms with Crippen molar-refractivity contribution in [1.82, 2.24) is 9.97 Å². The van der Waals surface area contributed by atoms with Gasteiger partial charge in [-0.1, -0.05) is 30.3 Å². The molecule has 0 bridgehead atoms. The minimum absolute atomic E-state index is 0.0378. The van der Waals surface area contributed by atoms with Crippen molar-refractivity contribution in [2.75, 3.05) is 5.32 Å². The molecule has 2 heterocycles. The highest BCUT2D eigenvalue weighted by molar-refractivity contribution is 6.10. The normalized spacial score (nSPS) is 13.0. The number of nitrogens with one attached hydrogen (secondary N) is 1. The van der Waals surface area contributed by atoms with Crippen molar-refractivity contribution in [1.29, 1.82) is 0 Å². The van der Waals surface area contributed by atoms with E-state index in [-0.39, 0.29) is 5.56 Å². The van der Waals surface area contributed by atoms with E-state index in [1.807, 2.05) is 30.3 Å². The van der Waals surface area contributed by atoms with Gasteiger partial charge < -0.3 is 9.73 Å². The van der Waals surface area contributed by atoms with E-state index in [4.69, 9.17) is 4.42 Å². The second kappa shape index (κ2) is 6.02. The van der Waals surface area contributed by atoms with Crippen LogP contribution >= 0.6 is 0 Å². The molecule has 6 heteroatoms. The highest BCUT2D eigenvalue weighted by Gasteiger charge is 2.21. The number of carbonyl (C=O) groups is 1. The van der Waals surface area contributed by atoms with Gasteiger partial charge in [-0.3, -0.25) is 4.79 Å². The molecule has 1 N–H and O–H groups in total. The molecule has 0 spiro atoms. The quantitative estimate of drug-likeness (QED) is 0.438. The zero-order chi connectivity index (χ0) is 18.4. The van der Waals surface area contributed by atoms with Gasteiger partial charge in [0.05, 0.1) is 0 Å². The molecule has 5 rings (SSSR count). The van der Waals surface area contributed by atoms with Gasteiger partial charge >= 0.3 is 5.63 Å². The maximum absolute atomic E-state index is 12.8. The zero-order valence-electron chi connectivity index (χ0n) is 14.4. The van der Waals surface area contributed by atoms with E-state index in [1.165, 1.54) is 6.33 Å². The van der Waals surface area contributed by atoms with Gasteiger partial charge in [-0.05, 0) is 42.2 Å². The third-order valence-electron chi connectivity index (χ3n) is 4.99. The molecule has 1 aliphatic rings. The Morgan fingerprint density at radius 3 is 2.85 bits per heavy atom. The third-order valence-corrected chi connectivity index (χ3v) is 4.99. The van der Waals surface area contributed by atoms with Crippen LogP contribution in [-0.4, -0.2) is 15.9 Å². The SMILES string of the molecule is O=C(Nc1ncnc2c1CCC2)c1cc2c(ccc3ccccc32)oc1=O. The summed E-state index contributed by atoms with van der Waals surface area (Å²) in [5, 5.41) is 5.43. The van der Waals surface area contributed by atoms with E-state index in [2.05, 4.69) is 15.3 Å². The van der Waals surface area contributed by atoms with E-state index < -0.39 is 11.5 Å². The fourth-order valence-corrected chi connectivity index (χ4v) is 3.67. The Bertz CT molecular complexity index is 1280. The monoisotopic (exact) mass is 357 g/mol. The molecular formula is C21H15N3O3. The lowest BCUT2D eigenvalue weighted by molar-refractivity contribution is 0.102. The number of carbonyl (C=O) groups excluding carboxylic acids is 1. The molecule has 1 amide bonds. The predicted molar refractivity (Wildman–Crippen MR) is 102 cm³/mol. The minimum Gasteiger partial charge on any atom is -0.422 e. The van der Waals surface area contributed by atoms with Crippen LogP contribution in [0.4, 0.5) is 5.82 Å². The van der Waals surface area contributed by atoms with E-state index in [0.717, 1.165) is 46.7 Å². The van der Waals surface area contributed by atoms with Gasteiger partial charge in [0.2, 0.25) is 0 Å². The summed E-state index contributed by atoms with van der Waals surface area (Å²) in [5.41, 5.74) is 1.65. The van der Waals surface area contributed by atoms with Gasteiger partial charge in [-0.25, -0.2) is 14.8 Å². The number of fused-ring (bicyclic) bond motifs is 4. The van der Waals surface area contributed by atoms with Gasteiger partial charge in [-0.15, -0.1) is 0 Å². The predicted octanol–water partition coefficient (Wildman–Crippen LogP) is 3.48. The first-order valence-corrected chi connectivity index (χ1v) is 8.80. The van der Waals surface area contributed by atoms with Crippen molar-refractivity contribution in [3.63, 3.8) is 0 Å². The van der Waals surface area contributed by atoms with Crippen LogP contribution in [0.2, 0.25) is 0 Å². The molecule has 0 atom stereocenters. The van der Waals surface area contributed by atoms with E-state index >= 15 is 0 Å². The summed E-state index contributed by atoms with van der Waals surface area (Å²) in [6, 6.07) is 13.0. The summed E-state index contributed by atoms with van der Waals surface area (Å²) >= 11 is 0. The minimum atomic E-state index is -0.666. The molecule has 4 aromatic rings. The Hall–Kier alpha value is -3.54. The van der Waals surface area contributed by atoms with Crippen LogP contribution in [-0.2, 0) is 12.8 Å². The molecule has 2 aromatic heterocycles. The molecule has 0 unspecified atom stereocenters. The number of amides is 1. The molecule has 0 saturated carbocycles. The first-order chi connectivity index (χ1) is 13.2. The summed E-state index contributed by atoms with van der Waals surface area (Å²) in [6.45, 7) is 0. The van der Waals surface area contributed by atoms with E-state index in [9.17, 15) is 9.59 Å². The van der Waals surface area contributed by atoms with Crippen LogP contribution in [0.15, 0.2) is 58.0 Å². The van der Waals surface area contributed by atoms with Crippen molar-refractivity contribution in [2.24, 2.45) is 0 Å². The maximum Gasteiger partial charge on any atom is 0.349 e. The number of hydrogen-bond acceptors (Lipinski definition) is 5. The van der Waals surface area contributed by atoms with Crippen LogP contribution < -0.4 is 10.9 Å². The van der Waals surface area contributed by atoms with Crippen molar-refractivity contribution in [2.45, 2.75) is 19.3 Å². The molecule has 6 nitrogen and oxygen atoms in total. The van der Waals surface area contributed by atoms with Crippen molar-refractivity contribution >= 4 is 33.5 Å². The number of nitrogens with zero attached hydrogens (tertiary/aromatic N) is 2. The number of rotatable bonds is 2. The van der Waals surface area contributed by atoms with E-state index in [1.54, 1.807) is 12.1 Å². The van der Waals surface area contributed by atoms with Gasteiger partial charge in [0, 0.05) is 16.6 Å². The van der Waals surface area contributed by atoms with Crippen LogP contribution in [0.3, 0.4) is 0 Å². The number of aryl methyl sites for hydroxylation is 1. The highest BCUT2D eigenvalue weighted by atomic mass is 16.4. The Kier molecular flexibility index (Phi) is 3.50. The van der Waals surface area contributed by atoms with Crippen molar-refractivity contribution < 1.29 is 9.21 Å². The smallest absolute Gasteiger partial charge is 0.349 e. The maximum atomic E-state index is 12.8. The lowest BCUT2D eigenvalue weighted by Gasteiger charge is -2.09. The first kappa shape index (κ1) is 15.7. The van der Waals surface area contributed by atoms with Gasteiger partial charge in [0.25, 0.3) is 5.91 Å². The van der Waals surface area contributed by atoms with Gasteiger partial charge in [0.15, 0.2) is 0 Å². The third kappa shape index (κ3) is 2.57. The summed E-state index contributed by atoms with van der Waals surface area (Å²) in [6.07, 6.45) is 4.13. The molecule has 1 aliphatic carbocycles. The Labute approximate surface area is 153 Å². The average Bonchev–Trinajstić information content (AvgIpc) is 3.17. The second-order valence-electron chi connectivity index (χ2n) is 6.60. The van der Waals surface area contributed by atoms with Crippen LogP contribution in [0.1, 0.15) is 28.0 Å². The zero-order valence-corrected chi connectivity index (χ0v) is 14.4. The Morgan fingerprint density at radius 1 is 1.04 bits per heavy atom. The second-order valence-corrected chi connectivity index (χ2v) is 6.60. The van der Waals surface area contributed by atoms with Crippen molar-refractivity contribution in [3.8, 4) is 0 Å².